The summed E-state index contributed by atoms with van der Waals surface area (Å²) in [6.45, 7) is 9.98. The summed E-state index contributed by atoms with van der Waals surface area (Å²) in [6.07, 6.45) is 9.08. The lowest BCUT2D eigenvalue weighted by Gasteiger charge is -2.35. The quantitative estimate of drug-likeness (QED) is 0.562. The summed E-state index contributed by atoms with van der Waals surface area (Å²) in [7, 11) is 3.88. The molecule has 3 heterocycles. The Labute approximate surface area is 210 Å². The number of carbonyl (C=O) groups excluding carboxylic acids is 1. The van der Waals surface area contributed by atoms with E-state index in [9.17, 15) is 4.79 Å². The van der Waals surface area contributed by atoms with Gasteiger partial charge in [-0.1, -0.05) is 0 Å². The van der Waals surface area contributed by atoms with E-state index in [1.54, 1.807) is 11.9 Å². The molecule has 35 heavy (non-hydrogen) atoms. The van der Waals surface area contributed by atoms with E-state index in [1.165, 1.54) is 17.7 Å². The summed E-state index contributed by atoms with van der Waals surface area (Å²) in [5.41, 5.74) is 1.94. The Morgan fingerprint density at radius 1 is 1.11 bits per heavy atom. The van der Waals surface area contributed by atoms with Crippen LogP contribution < -0.4 is 0 Å². The predicted molar refractivity (Wildman–Crippen MR) is 132 cm³/mol. The van der Waals surface area contributed by atoms with Crippen molar-refractivity contribution >= 4 is 6.09 Å². The average molecular weight is 493 g/mol. The minimum Gasteiger partial charge on any atom is -0.444 e. The number of amides is 1. The number of hydrogen-bond donors (Lipinski definition) is 0. The lowest BCUT2D eigenvalue weighted by molar-refractivity contribution is -0.179. The van der Waals surface area contributed by atoms with Gasteiger partial charge in [-0.15, -0.1) is 0 Å². The fraction of sp³-hybridized carbons (Fsp3) is 0.846. The highest BCUT2D eigenvalue weighted by atomic mass is 16.7. The molecule has 9 heteroatoms. The molecule has 1 aromatic rings. The third-order valence-corrected chi connectivity index (χ3v) is 7.20. The smallest absolute Gasteiger partial charge is 0.410 e. The van der Waals surface area contributed by atoms with Crippen LogP contribution in [-0.4, -0.2) is 84.1 Å². The van der Waals surface area contributed by atoms with Gasteiger partial charge in [-0.25, -0.2) is 9.48 Å². The molecule has 4 rings (SSSR count). The summed E-state index contributed by atoms with van der Waals surface area (Å²) in [5.74, 6) is 0.0282. The molecule has 1 saturated carbocycles. The number of rotatable bonds is 7. The molecular weight excluding hydrogens is 448 g/mol. The Balaban J connectivity index is 1.40. The van der Waals surface area contributed by atoms with Crippen LogP contribution in [0.2, 0.25) is 0 Å². The maximum atomic E-state index is 12.3. The molecule has 2 aliphatic heterocycles. The first-order valence-corrected chi connectivity index (χ1v) is 13.2. The van der Waals surface area contributed by atoms with E-state index in [1.807, 2.05) is 20.8 Å². The Morgan fingerprint density at radius 3 is 2.46 bits per heavy atom. The zero-order valence-corrected chi connectivity index (χ0v) is 22.3. The molecule has 3 fully saturated rings. The van der Waals surface area contributed by atoms with Gasteiger partial charge in [0, 0.05) is 63.8 Å². The Morgan fingerprint density at radius 2 is 1.83 bits per heavy atom. The van der Waals surface area contributed by atoms with E-state index in [-0.39, 0.29) is 18.1 Å². The highest BCUT2D eigenvalue weighted by Crippen LogP contribution is 2.43. The van der Waals surface area contributed by atoms with E-state index in [4.69, 9.17) is 24.0 Å². The van der Waals surface area contributed by atoms with E-state index in [0.717, 1.165) is 58.2 Å². The first kappa shape index (κ1) is 26.4. The highest BCUT2D eigenvalue weighted by Gasteiger charge is 2.41. The molecule has 2 saturated heterocycles. The number of hydrogen-bond acceptors (Lipinski definition) is 7. The second-order valence-electron chi connectivity index (χ2n) is 11.4. The molecule has 0 bridgehead atoms. The van der Waals surface area contributed by atoms with Crippen molar-refractivity contribution in [2.75, 3.05) is 47.0 Å². The van der Waals surface area contributed by atoms with Crippen molar-refractivity contribution < 1.29 is 23.7 Å². The molecule has 1 aliphatic carbocycles. The molecule has 0 radical (unpaired) electrons. The Kier molecular flexibility index (Phi) is 8.41. The van der Waals surface area contributed by atoms with Crippen LogP contribution in [0.15, 0.2) is 6.20 Å². The molecule has 0 aromatic carbocycles. The second kappa shape index (κ2) is 11.2. The van der Waals surface area contributed by atoms with E-state index >= 15 is 0 Å². The van der Waals surface area contributed by atoms with Crippen molar-refractivity contribution in [3.63, 3.8) is 0 Å². The number of likely N-dealkylation sites (N-methyl/N-ethyl adjacent to an activating group) is 2. The fourth-order valence-electron chi connectivity index (χ4n) is 5.23. The van der Waals surface area contributed by atoms with Crippen molar-refractivity contribution in [3.8, 4) is 0 Å². The standard InChI is InChI=1S/C26H44N4O5/c1-25(2,3)35-24(31)29(5)14-13-28(4)18-21-19-30(22-8-6-7-15-32-22)27-23(21)20-9-11-26(12-10-20)33-16-17-34-26/h19-20,22H,6-18H2,1-5H3/t22-/m1/s1. The minimum atomic E-state index is -0.491. The number of nitrogens with zero attached hydrogens (tertiary/aromatic N) is 4. The Bertz CT molecular complexity index is 829. The summed E-state index contributed by atoms with van der Waals surface area (Å²) < 4.78 is 25.5. The normalized spacial score (nSPS) is 23.2. The second-order valence-corrected chi connectivity index (χ2v) is 11.4. The lowest BCUT2D eigenvalue weighted by atomic mass is 9.82. The zero-order valence-electron chi connectivity index (χ0n) is 22.3. The SMILES string of the molecule is CN(CCN(C)C(=O)OC(C)(C)C)Cc1cn([C@H]2CCCCO2)nc1C1CCC2(CC1)OCCO2. The number of aromatic nitrogens is 2. The molecule has 9 nitrogen and oxygen atoms in total. The minimum absolute atomic E-state index is 0.0243. The van der Waals surface area contributed by atoms with Gasteiger partial charge in [0.1, 0.15) is 11.8 Å². The van der Waals surface area contributed by atoms with E-state index in [2.05, 4.69) is 22.8 Å². The average Bonchev–Trinajstić information content (AvgIpc) is 3.45. The summed E-state index contributed by atoms with van der Waals surface area (Å²) >= 11 is 0. The topological polar surface area (TPSA) is 78.3 Å². The number of carbonyl (C=O) groups is 1. The molecule has 1 aromatic heterocycles. The van der Waals surface area contributed by atoms with Crippen LogP contribution in [0.1, 0.15) is 89.1 Å². The van der Waals surface area contributed by atoms with Crippen molar-refractivity contribution in [1.82, 2.24) is 19.6 Å². The van der Waals surface area contributed by atoms with Crippen LogP contribution >= 0.6 is 0 Å². The predicted octanol–water partition coefficient (Wildman–Crippen LogP) is 4.28. The van der Waals surface area contributed by atoms with Crippen LogP contribution in [0.25, 0.3) is 0 Å². The van der Waals surface area contributed by atoms with Crippen LogP contribution in [0.3, 0.4) is 0 Å². The molecule has 198 valence electrons. The summed E-state index contributed by atoms with van der Waals surface area (Å²) in [6, 6.07) is 0. The van der Waals surface area contributed by atoms with Gasteiger partial charge in [0.15, 0.2) is 5.79 Å². The van der Waals surface area contributed by atoms with Gasteiger partial charge in [-0.2, -0.15) is 5.10 Å². The van der Waals surface area contributed by atoms with Gasteiger partial charge in [0.25, 0.3) is 0 Å². The Hall–Kier alpha value is -1.68. The van der Waals surface area contributed by atoms with Gasteiger partial charge in [0.2, 0.25) is 0 Å². The molecule has 0 N–H and O–H groups in total. The monoisotopic (exact) mass is 492 g/mol. The summed E-state index contributed by atoms with van der Waals surface area (Å²) in [5, 5.41) is 5.09. The van der Waals surface area contributed by atoms with Crippen molar-refractivity contribution in [3.05, 3.63) is 17.5 Å². The molecule has 0 unspecified atom stereocenters. The van der Waals surface area contributed by atoms with Gasteiger partial charge >= 0.3 is 6.09 Å². The largest absolute Gasteiger partial charge is 0.444 e. The van der Waals surface area contributed by atoms with Crippen LogP contribution in [0.5, 0.6) is 0 Å². The van der Waals surface area contributed by atoms with Crippen LogP contribution in [0, 0.1) is 0 Å². The molecule has 3 aliphatic rings. The molecule has 1 spiro atoms. The van der Waals surface area contributed by atoms with Crippen LogP contribution in [0.4, 0.5) is 4.79 Å². The third-order valence-electron chi connectivity index (χ3n) is 7.20. The fourth-order valence-corrected chi connectivity index (χ4v) is 5.23. The van der Waals surface area contributed by atoms with Crippen molar-refractivity contribution in [2.45, 2.75) is 95.8 Å². The molecular formula is C26H44N4O5. The van der Waals surface area contributed by atoms with Crippen molar-refractivity contribution in [2.24, 2.45) is 0 Å². The lowest BCUT2D eigenvalue weighted by Crippen LogP contribution is -2.38. The van der Waals surface area contributed by atoms with Gasteiger partial charge in [0.05, 0.1) is 18.9 Å². The maximum Gasteiger partial charge on any atom is 0.410 e. The molecule has 1 amide bonds. The third kappa shape index (κ3) is 6.96. The van der Waals surface area contributed by atoms with Gasteiger partial charge in [-0.3, -0.25) is 0 Å². The van der Waals surface area contributed by atoms with Crippen LogP contribution in [-0.2, 0) is 25.5 Å². The summed E-state index contributed by atoms with van der Waals surface area (Å²) in [4.78, 5) is 16.2. The van der Waals surface area contributed by atoms with E-state index in [0.29, 0.717) is 25.7 Å². The number of ether oxygens (including phenoxy) is 4. The highest BCUT2D eigenvalue weighted by molar-refractivity contribution is 5.67. The molecule has 1 atom stereocenters. The van der Waals surface area contributed by atoms with Crippen molar-refractivity contribution in [1.29, 1.82) is 0 Å². The van der Waals surface area contributed by atoms with Gasteiger partial charge < -0.3 is 28.7 Å². The first-order valence-electron chi connectivity index (χ1n) is 13.2. The van der Waals surface area contributed by atoms with Gasteiger partial charge in [-0.05, 0) is 59.9 Å². The van der Waals surface area contributed by atoms with E-state index < -0.39 is 5.60 Å². The maximum absolute atomic E-state index is 12.3. The first-order chi connectivity index (χ1) is 16.6. The zero-order chi connectivity index (χ0) is 25.1.